The van der Waals surface area contributed by atoms with E-state index in [2.05, 4.69) is 37.8 Å². The summed E-state index contributed by atoms with van der Waals surface area (Å²) in [5.41, 5.74) is 8.13. The van der Waals surface area contributed by atoms with E-state index in [1.165, 1.54) is 12.0 Å². The summed E-state index contributed by atoms with van der Waals surface area (Å²) in [6, 6.07) is 8.16. The molecule has 2 nitrogen and oxygen atoms in total. The molecule has 0 unspecified atom stereocenters. The molecule has 0 saturated carbocycles. The van der Waals surface area contributed by atoms with E-state index in [0.717, 1.165) is 25.3 Å². The van der Waals surface area contributed by atoms with Crippen molar-refractivity contribution < 1.29 is 0 Å². The highest BCUT2D eigenvalue weighted by Crippen LogP contribution is 2.14. The number of benzene rings is 1. The van der Waals surface area contributed by atoms with E-state index in [0.29, 0.717) is 5.92 Å². The van der Waals surface area contributed by atoms with Crippen LogP contribution in [-0.4, -0.2) is 18.0 Å². The molecule has 0 atom stereocenters. The van der Waals surface area contributed by atoms with Gasteiger partial charge in [0.05, 0.1) is 0 Å². The number of para-hydroxylation sites is 1. The Labute approximate surface area is 99.5 Å². The van der Waals surface area contributed by atoms with Crippen LogP contribution in [0, 0.1) is 5.92 Å². The zero-order valence-electron chi connectivity index (χ0n) is 10.7. The number of anilines is 1. The monoisotopic (exact) mass is 220 g/mol. The normalized spacial score (nSPS) is 11.3. The number of nitrogens with zero attached hydrogens (tertiary/aromatic N) is 1. The smallest absolute Gasteiger partial charge is 0.0359 e. The van der Waals surface area contributed by atoms with E-state index in [9.17, 15) is 0 Å². The van der Waals surface area contributed by atoms with E-state index >= 15 is 0 Å². The van der Waals surface area contributed by atoms with E-state index in [4.69, 9.17) is 5.73 Å². The zero-order chi connectivity index (χ0) is 12.0. The Morgan fingerprint density at radius 1 is 1.25 bits per heavy atom. The van der Waals surface area contributed by atoms with Crippen molar-refractivity contribution in [1.29, 1.82) is 0 Å². The maximum Gasteiger partial charge on any atom is 0.0359 e. The molecule has 0 fully saturated rings. The van der Waals surface area contributed by atoms with Crippen LogP contribution >= 0.6 is 0 Å². The predicted molar refractivity (Wildman–Crippen MR) is 71.3 cm³/mol. The van der Waals surface area contributed by atoms with Crippen LogP contribution in [0.3, 0.4) is 0 Å². The molecule has 0 saturated heterocycles. The highest BCUT2D eigenvalue weighted by Gasteiger charge is 2.08. The van der Waals surface area contributed by atoms with Gasteiger partial charge in [-0.05, 0) is 30.5 Å². The molecular weight excluding hydrogens is 196 g/mol. The van der Waals surface area contributed by atoms with Gasteiger partial charge in [-0.1, -0.05) is 39.0 Å². The molecule has 0 aliphatic carbocycles. The Balaban J connectivity index is 2.64. The first kappa shape index (κ1) is 13.0. The van der Waals surface area contributed by atoms with Crippen molar-refractivity contribution in [3.05, 3.63) is 29.8 Å². The first-order chi connectivity index (χ1) is 7.63. The summed E-state index contributed by atoms with van der Waals surface area (Å²) in [6.07, 6.45) is 1.19. The van der Waals surface area contributed by atoms with Crippen LogP contribution in [0.25, 0.3) is 0 Å². The summed E-state index contributed by atoms with van der Waals surface area (Å²) in [5, 5.41) is 0. The summed E-state index contributed by atoms with van der Waals surface area (Å²) < 4.78 is 0. The standard InChI is InChI=1S/C14H24N2/c1-4-9-16(10-12(2)3)11-13-7-5-6-8-14(13)15/h5-8,12H,4,9-11,15H2,1-3H3. The summed E-state index contributed by atoms with van der Waals surface area (Å²) in [6.45, 7) is 10.0. The minimum Gasteiger partial charge on any atom is -0.398 e. The fourth-order valence-corrected chi connectivity index (χ4v) is 1.99. The van der Waals surface area contributed by atoms with Gasteiger partial charge in [0, 0.05) is 18.8 Å². The lowest BCUT2D eigenvalue weighted by molar-refractivity contribution is 0.237. The fourth-order valence-electron chi connectivity index (χ4n) is 1.99. The number of rotatable bonds is 6. The topological polar surface area (TPSA) is 29.3 Å². The molecule has 2 heteroatoms. The van der Waals surface area contributed by atoms with Crippen molar-refractivity contribution in [2.24, 2.45) is 5.92 Å². The van der Waals surface area contributed by atoms with Crippen LogP contribution in [0.2, 0.25) is 0 Å². The highest BCUT2D eigenvalue weighted by molar-refractivity contribution is 5.46. The van der Waals surface area contributed by atoms with Gasteiger partial charge in [-0.3, -0.25) is 4.90 Å². The SMILES string of the molecule is CCCN(Cc1ccccc1N)CC(C)C. The van der Waals surface area contributed by atoms with Gasteiger partial charge in [0.15, 0.2) is 0 Å². The Bertz CT molecular complexity index is 307. The molecule has 0 aliphatic heterocycles. The Kier molecular flexibility index (Phi) is 5.33. The maximum atomic E-state index is 5.97. The molecule has 2 N–H and O–H groups in total. The second-order valence-electron chi connectivity index (χ2n) is 4.83. The van der Waals surface area contributed by atoms with Crippen molar-refractivity contribution in [1.82, 2.24) is 4.90 Å². The lowest BCUT2D eigenvalue weighted by Gasteiger charge is -2.24. The third-order valence-corrected chi connectivity index (χ3v) is 2.61. The third-order valence-electron chi connectivity index (χ3n) is 2.61. The quantitative estimate of drug-likeness (QED) is 0.746. The molecule has 0 spiro atoms. The molecule has 0 radical (unpaired) electrons. The Morgan fingerprint density at radius 2 is 1.94 bits per heavy atom. The largest absolute Gasteiger partial charge is 0.398 e. The first-order valence-corrected chi connectivity index (χ1v) is 6.19. The average molecular weight is 220 g/mol. The predicted octanol–water partition coefficient (Wildman–Crippen LogP) is 3.14. The van der Waals surface area contributed by atoms with Gasteiger partial charge < -0.3 is 5.73 Å². The molecule has 1 aromatic rings. The summed E-state index contributed by atoms with van der Waals surface area (Å²) >= 11 is 0. The van der Waals surface area contributed by atoms with Gasteiger partial charge in [0.2, 0.25) is 0 Å². The van der Waals surface area contributed by atoms with Gasteiger partial charge in [0.25, 0.3) is 0 Å². The third kappa shape index (κ3) is 4.23. The van der Waals surface area contributed by atoms with E-state index in [1.54, 1.807) is 0 Å². The van der Waals surface area contributed by atoms with Crippen molar-refractivity contribution in [2.45, 2.75) is 33.7 Å². The van der Waals surface area contributed by atoms with Crippen molar-refractivity contribution >= 4 is 5.69 Å². The van der Waals surface area contributed by atoms with Crippen molar-refractivity contribution in [2.75, 3.05) is 18.8 Å². The molecule has 1 rings (SSSR count). The first-order valence-electron chi connectivity index (χ1n) is 6.19. The van der Waals surface area contributed by atoms with Crippen molar-refractivity contribution in [3.63, 3.8) is 0 Å². The van der Waals surface area contributed by atoms with Gasteiger partial charge in [0.1, 0.15) is 0 Å². The number of nitrogen functional groups attached to an aromatic ring is 1. The second kappa shape index (κ2) is 6.54. The lowest BCUT2D eigenvalue weighted by atomic mass is 10.1. The zero-order valence-corrected chi connectivity index (χ0v) is 10.7. The maximum absolute atomic E-state index is 5.97. The van der Waals surface area contributed by atoms with Crippen LogP contribution in [0.4, 0.5) is 5.69 Å². The molecule has 0 bridgehead atoms. The van der Waals surface area contributed by atoms with Gasteiger partial charge in [-0.25, -0.2) is 0 Å². The lowest BCUT2D eigenvalue weighted by Crippen LogP contribution is -2.28. The van der Waals surface area contributed by atoms with Crippen LogP contribution in [-0.2, 0) is 6.54 Å². The van der Waals surface area contributed by atoms with Crippen LogP contribution in [0.15, 0.2) is 24.3 Å². The molecule has 16 heavy (non-hydrogen) atoms. The molecule has 0 heterocycles. The molecule has 90 valence electrons. The summed E-state index contributed by atoms with van der Waals surface area (Å²) in [4.78, 5) is 2.48. The van der Waals surface area contributed by atoms with Gasteiger partial charge in [-0.2, -0.15) is 0 Å². The van der Waals surface area contributed by atoms with Crippen LogP contribution in [0.5, 0.6) is 0 Å². The molecular formula is C14H24N2. The minimum atomic E-state index is 0.705. The second-order valence-corrected chi connectivity index (χ2v) is 4.83. The highest BCUT2D eigenvalue weighted by atomic mass is 15.1. The molecule has 0 aliphatic rings. The van der Waals surface area contributed by atoms with E-state index in [1.807, 2.05) is 12.1 Å². The van der Waals surface area contributed by atoms with Crippen LogP contribution in [0.1, 0.15) is 32.8 Å². The Hall–Kier alpha value is -1.02. The van der Waals surface area contributed by atoms with Gasteiger partial charge >= 0.3 is 0 Å². The number of hydrogen-bond donors (Lipinski definition) is 1. The molecule has 1 aromatic carbocycles. The fraction of sp³-hybridized carbons (Fsp3) is 0.571. The van der Waals surface area contributed by atoms with Crippen LogP contribution < -0.4 is 5.73 Å². The summed E-state index contributed by atoms with van der Waals surface area (Å²) in [5.74, 6) is 0.705. The minimum absolute atomic E-state index is 0.705. The number of hydrogen-bond acceptors (Lipinski definition) is 2. The Morgan fingerprint density at radius 3 is 2.50 bits per heavy atom. The van der Waals surface area contributed by atoms with Gasteiger partial charge in [-0.15, -0.1) is 0 Å². The van der Waals surface area contributed by atoms with Crippen molar-refractivity contribution in [3.8, 4) is 0 Å². The average Bonchev–Trinajstić information content (AvgIpc) is 2.21. The number of nitrogens with two attached hydrogens (primary N) is 1. The summed E-state index contributed by atoms with van der Waals surface area (Å²) in [7, 11) is 0. The van der Waals surface area contributed by atoms with E-state index in [-0.39, 0.29) is 0 Å². The molecule has 0 aromatic heterocycles. The van der Waals surface area contributed by atoms with E-state index < -0.39 is 0 Å². The molecule has 0 amide bonds.